The highest BCUT2D eigenvalue weighted by molar-refractivity contribution is 6.00. The summed E-state index contributed by atoms with van der Waals surface area (Å²) in [4.78, 5) is 39.2. The molecule has 1 aliphatic rings. The van der Waals surface area contributed by atoms with Crippen molar-refractivity contribution in [3.05, 3.63) is 47.8 Å². The van der Waals surface area contributed by atoms with Crippen LogP contribution in [0.15, 0.2) is 36.5 Å². The molecule has 29 heavy (non-hydrogen) atoms. The van der Waals surface area contributed by atoms with Crippen molar-refractivity contribution in [2.24, 2.45) is 0 Å². The van der Waals surface area contributed by atoms with Gasteiger partial charge in [0.25, 0.3) is 5.91 Å². The quantitative estimate of drug-likeness (QED) is 0.717. The second-order valence-electron chi connectivity index (χ2n) is 6.82. The van der Waals surface area contributed by atoms with Gasteiger partial charge in [-0.25, -0.2) is 4.68 Å². The number of carbonyl (C=O) groups excluding carboxylic acids is 3. The van der Waals surface area contributed by atoms with Gasteiger partial charge in [0.2, 0.25) is 5.91 Å². The Balaban J connectivity index is 1.92. The largest absolute Gasteiger partial charge is 0.466 e. The van der Waals surface area contributed by atoms with E-state index in [9.17, 15) is 14.4 Å². The van der Waals surface area contributed by atoms with Gasteiger partial charge in [0.1, 0.15) is 6.04 Å². The number of hydrogen-bond donors (Lipinski definition) is 1. The van der Waals surface area contributed by atoms with Crippen LogP contribution < -0.4 is 5.32 Å². The number of aromatic nitrogens is 2. The predicted molar refractivity (Wildman–Crippen MR) is 107 cm³/mol. The van der Waals surface area contributed by atoms with E-state index in [1.54, 1.807) is 17.8 Å². The van der Waals surface area contributed by atoms with Gasteiger partial charge in [0, 0.05) is 13.1 Å². The van der Waals surface area contributed by atoms with Crippen molar-refractivity contribution in [3.8, 4) is 5.69 Å². The van der Waals surface area contributed by atoms with Gasteiger partial charge < -0.3 is 15.0 Å². The number of piperazine rings is 1. The Bertz CT molecular complexity index is 878. The van der Waals surface area contributed by atoms with Crippen molar-refractivity contribution in [2.75, 3.05) is 19.7 Å². The lowest BCUT2D eigenvalue weighted by atomic mass is 10.1. The number of nitrogens with one attached hydrogen (secondary N) is 1. The Morgan fingerprint density at radius 1 is 1.24 bits per heavy atom. The summed E-state index contributed by atoms with van der Waals surface area (Å²) in [5.74, 6) is -1.13. The lowest BCUT2D eigenvalue weighted by Gasteiger charge is -2.34. The van der Waals surface area contributed by atoms with Crippen molar-refractivity contribution in [3.63, 3.8) is 0 Å². The summed E-state index contributed by atoms with van der Waals surface area (Å²) < 4.78 is 6.74. The Labute approximate surface area is 169 Å². The number of rotatable bonds is 7. The SMILES string of the molecule is CCCc1c(C(=O)N2CCNC(=O)C2CC(=O)OCC)cnn1-c1ccccc1. The number of nitrogens with zero attached hydrogens (tertiary/aromatic N) is 3. The molecule has 0 bridgehead atoms. The van der Waals surface area contributed by atoms with Gasteiger partial charge >= 0.3 is 5.97 Å². The maximum atomic E-state index is 13.4. The Morgan fingerprint density at radius 2 is 2.00 bits per heavy atom. The molecular formula is C21H26N4O4. The Kier molecular flexibility index (Phi) is 6.64. The van der Waals surface area contributed by atoms with E-state index in [0.717, 1.165) is 17.8 Å². The highest BCUT2D eigenvalue weighted by Crippen LogP contribution is 2.21. The molecule has 1 atom stereocenters. The van der Waals surface area contributed by atoms with Crippen LogP contribution in [-0.2, 0) is 20.7 Å². The average Bonchev–Trinajstić information content (AvgIpc) is 3.14. The van der Waals surface area contributed by atoms with Gasteiger partial charge in [-0.2, -0.15) is 5.10 Å². The number of amides is 2. The maximum Gasteiger partial charge on any atom is 0.308 e. The summed E-state index contributed by atoms with van der Waals surface area (Å²) in [6, 6.07) is 8.73. The molecule has 1 aromatic carbocycles. The van der Waals surface area contributed by atoms with Crippen LogP contribution in [-0.4, -0.2) is 58.2 Å². The number of benzene rings is 1. The van der Waals surface area contributed by atoms with Gasteiger partial charge in [0.15, 0.2) is 0 Å². The molecule has 1 aromatic heterocycles. The molecule has 1 N–H and O–H groups in total. The number of hydrogen-bond acceptors (Lipinski definition) is 5. The lowest BCUT2D eigenvalue weighted by Crippen LogP contribution is -2.58. The van der Waals surface area contributed by atoms with Crippen LogP contribution in [0.4, 0.5) is 0 Å². The molecule has 0 aliphatic carbocycles. The minimum atomic E-state index is -0.884. The molecule has 1 unspecified atom stereocenters. The van der Waals surface area contributed by atoms with E-state index in [1.807, 2.05) is 37.3 Å². The molecule has 1 aliphatic heterocycles. The number of para-hydroxylation sites is 1. The third-order valence-corrected chi connectivity index (χ3v) is 4.84. The van der Waals surface area contributed by atoms with Crippen molar-refractivity contribution in [1.82, 2.24) is 20.0 Å². The number of carbonyl (C=O) groups is 3. The molecule has 154 valence electrons. The minimum Gasteiger partial charge on any atom is -0.466 e. The fourth-order valence-electron chi connectivity index (χ4n) is 3.51. The first kappa shape index (κ1) is 20.6. The van der Waals surface area contributed by atoms with Crippen LogP contribution in [0.2, 0.25) is 0 Å². The van der Waals surface area contributed by atoms with Gasteiger partial charge in [-0.05, 0) is 25.5 Å². The third kappa shape index (κ3) is 4.47. The zero-order valence-corrected chi connectivity index (χ0v) is 16.8. The molecule has 2 heterocycles. The first-order valence-electron chi connectivity index (χ1n) is 9.93. The van der Waals surface area contributed by atoms with Crippen molar-refractivity contribution in [1.29, 1.82) is 0 Å². The normalized spacial score (nSPS) is 16.4. The molecular weight excluding hydrogens is 372 g/mol. The van der Waals surface area contributed by atoms with E-state index in [2.05, 4.69) is 10.4 Å². The van der Waals surface area contributed by atoms with Crippen LogP contribution in [0, 0.1) is 0 Å². The van der Waals surface area contributed by atoms with Crippen LogP contribution in [0.3, 0.4) is 0 Å². The monoisotopic (exact) mass is 398 g/mol. The lowest BCUT2D eigenvalue weighted by molar-refractivity contribution is -0.147. The van der Waals surface area contributed by atoms with Crippen molar-refractivity contribution in [2.45, 2.75) is 39.2 Å². The van der Waals surface area contributed by atoms with Crippen LogP contribution >= 0.6 is 0 Å². The number of esters is 1. The fourth-order valence-corrected chi connectivity index (χ4v) is 3.51. The van der Waals surface area contributed by atoms with E-state index in [0.29, 0.717) is 25.1 Å². The Morgan fingerprint density at radius 3 is 2.69 bits per heavy atom. The minimum absolute atomic E-state index is 0.165. The maximum absolute atomic E-state index is 13.4. The zero-order chi connectivity index (χ0) is 20.8. The Hall–Kier alpha value is -3.16. The van der Waals surface area contributed by atoms with Crippen molar-refractivity contribution < 1.29 is 19.1 Å². The summed E-state index contributed by atoms with van der Waals surface area (Å²) in [6.45, 7) is 4.65. The van der Waals surface area contributed by atoms with Crippen molar-refractivity contribution >= 4 is 17.8 Å². The number of ether oxygens (including phenoxy) is 1. The zero-order valence-electron chi connectivity index (χ0n) is 16.8. The third-order valence-electron chi connectivity index (χ3n) is 4.84. The predicted octanol–water partition coefficient (Wildman–Crippen LogP) is 1.72. The van der Waals surface area contributed by atoms with Crippen LogP contribution in [0.25, 0.3) is 5.69 Å². The highest BCUT2D eigenvalue weighted by Gasteiger charge is 2.37. The van der Waals surface area contributed by atoms with E-state index >= 15 is 0 Å². The molecule has 1 saturated heterocycles. The molecule has 0 spiro atoms. The second kappa shape index (κ2) is 9.36. The van der Waals surface area contributed by atoms with Gasteiger partial charge in [0.05, 0.1) is 36.2 Å². The summed E-state index contributed by atoms with van der Waals surface area (Å²) in [6.07, 6.45) is 2.89. The molecule has 3 rings (SSSR count). The molecule has 0 saturated carbocycles. The van der Waals surface area contributed by atoms with E-state index in [4.69, 9.17) is 4.74 Å². The summed E-state index contributed by atoms with van der Waals surface area (Å²) in [7, 11) is 0. The van der Waals surface area contributed by atoms with Gasteiger partial charge in [-0.15, -0.1) is 0 Å². The fraction of sp³-hybridized carbons (Fsp3) is 0.429. The smallest absolute Gasteiger partial charge is 0.308 e. The molecule has 1 fully saturated rings. The van der Waals surface area contributed by atoms with E-state index < -0.39 is 12.0 Å². The summed E-state index contributed by atoms with van der Waals surface area (Å²) in [5.41, 5.74) is 2.12. The van der Waals surface area contributed by atoms with Gasteiger partial charge in [-0.3, -0.25) is 14.4 Å². The van der Waals surface area contributed by atoms with Crippen LogP contribution in [0.1, 0.15) is 42.7 Å². The second-order valence-corrected chi connectivity index (χ2v) is 6.82. The standard InChI is InChI=1S/C21H26N4O4/c1-3-8-17-16(14-23-25(17)15-9-6-5-7-10-15)21(28)24-12-11-22-20(27)18(24)13-19(26)29-4-2/h5-7,9-10,14,18H,3-4,8,11-13H2,1-2H3,(H,22,27). The first-order valence-corrected chi connectivity index (χ1v) is 9.93. The first-order chi connectivity index (χ1) is 14.1. The summed E-state index contributed by atoms with van der Waals surface area (Å²) >= 11 is 0. The molecule has 0 radical (unpaired) electrons. The van der Waals surface area contributed by atoms with Crippen LogP contribution in [0.5, 0.6) is 0 Å². The van der Waals surface area contributed by atoms with E-state index in [-0.39, 0.29) is 24.8 Å². The highest BCUT2D eigenvalue weighted by atomic mass is 16.5. The average molecular weight is 398 g/mol. The van der Waals surface area contributed by atoms with E-state index in [1.165, 1.54) is 4.90 Å². The molecule has 2 aromatic rings. The molecule has 8 nitrogen and oxygen atoms in total. The topological polar surface area (TPSA) is 93.5 Å². The summed E-state index contributed by atoms with van der Waals surface area (Å²) in [5, 5.41) is 7.16. The van der Waals surface area contributed by atoms with Gasteiger partial charge in [-0.1, -0.05) is 31.5 Å². The molecule has 2 amide bonds. The molecule has 8 heteroatoms.